The number of benzene rings is 2. The molecule has 1 heterocycles. The van der Waals surface area contributed by atoms with Crippen LogP contribution in [0.25, 0.3) is 0 Å². The highest BCUT2D eigenvalue weighted by molar-refractivity contribution is 7.93. The third-order valence-electron chi connectivity index (χ3n) is 4.49. The van der Waals surface area contributed by atoms with Gasteiger partial charge in [0.25, 0.3) is 15.9 Å². The van der Waals surface area contributed by atoms with Gasteiger partial charge in [-0.15, -0.1) is 11.3 Å². The van der Waals surface area contributed by atoms with Crippen molar-refractivity contribution in [2.75, 3.05) is 16.7 Å². The standard InChI is InChI=1S/C21H22N2O3S2/c1-4-16-7-9-17(10-8-16)22-21(24)20-19(13-14-27-20)28(25,26)23(3)18-11-5-15(2)6-12-18/h5-14H,4H2,1-3H3,(H,22,24). The fourth-order valence-electron chi connectivity index (χ4n) is 2.72. The molecule has 28 heavy (non-hydrogen) atoms. The fraction of sp³-hybridized carbons (Fsp3) is 0.190. The molecule has 1 aromatic heterocycles. The number of nitrogens with one attached hydrogen (secondary N) is 1. The number of hydrogen-bond acceptors (Lipinski definition) is 4. The molecule has 3 rings (SSSR count). The molecule has 0 unspecified atom stereocenters. The normalized spacial score (nSPS) is 11.2. The van der Waals surface area contributed by atoms with Gasteiger partial charge in [-0.2, -0.15) is 0 Å². The SMILES string of the molecule is CCc1ccc(NC(=O)c2sccc2S(=O)(=O)N(C)c2ccc(C)cc2)cc1. The molecule has 0 aliphatic rings. The largest absolute Gasteiger partial charge is 0.321 e. The van der Waals surface area contributed by atoms with Crippen molar-refractivity contribution in [2.24, 2.45) is 0 Å². The molecule has 0 saturated carbocycles. The van der Waals surface area contributed by atoms with Gasteiger partial charge >= 0.3 is 0 Å². The molecule has 3 aromatic rings. The first kappa shape index (κ1) is 20.1. The Morgan fingerprint density at radius 3 is 2.29 bits per heavy atom. The van der Waals surface area contributed by atoms with Crippen molar-refractivity contribution in [3.63, 3.8) is 0 Å². The highest BCUT2D eigenvalue weighted by atomic mass is 32.2. The van der Waals surface area contributed by atoms with E-state index in [0.29, 0.717) is 11.4 Å². The Hall–Kier alpha value is -2.64. The van der Waals surface area contributed by atoms with Gasteiger partial charge in [0.15, 0.2) is 0 Å². The number of nitrogens with zero attached hydrogens (tertiary/aromatic N) is 1. The fourth-order valence-corrected chi connectivity index (χ4v) is 5.21. The number of rotatable bonds is 6. The van der Waals surface area contributed by atoms with Crippen LogP contribution in [-0.2, 0) is 16.4 Å². The molecular weight excluding hydrogens is 392 g/mol. The minimum atomic E-state index is -3.86. The molecule has 1 N–H and O–H groups in total. The third kappa shape index (κ3) is 4.10. The summed E-state index contributed by atoms with van der Waals surface area (Å²) in [6.07, 6.45) is 0.910. The molecule has 1 amide bonds. The first-order valence-electron chi connectivity index (χ1n) is 8.86. The average molecular weight is 415 g/mol. The molecule has 0 radical (unpaired) electrons. The minimum Gasteiger partial charge on any atom is -0.321 e. The van der Waals surface area contributed by atoms with E-state index in [4.69, 9.17) is 0 Å². The molecular formula is C21H22N2O3S2. The van der Waals surface area contributed by atoms with Gasteiger partial charge in [0.2, 0.25) is 0 Å². The monoisotopic (exact) mass is 414 g/mol. The second kappa shape index (κ2) is 8.16. The number of thiophene rings is 1. The van der Waals surface area contributed by atoms with Crippen molar-refractivity contribution in [3.8, 4) is 0 Å². The Labute approximate surface area is 169 Å². The Bertz CT molecular complexity index is 1070. The van der Waals surface area contributed by atoms with E-state index in [1.807, 2.05) is 43.3 Å². The average Bonchev–Trinajstić information content (AvgIpc) is 3.19. The highest BCUT2D eigenvalue weighted by Gasteiger charge is 2.28. The molecule has 0 atom stereocenters. The molecule has 0 fully saturated rings. The number of anilines is 2. The zero-order valence-electron chi connectivity index (χ0n) is 16.0. The lowest BCUT2D eigenvalue weighted by atomic mass is 10.1. The van der Waals surface area contributed by atoms with E-state index in [1.165, 1.54) is 17.4 Å². The number of sulfonamides is 1. The van der Waals surface area contributed by atoms with Crippen LogP contribution in [0.15, 0.2) is 64.9 Å². The van der Waals surface area contributed by atoms with Gasteiger partial charge < -0.3 is 5.32 Å². The zero-order valence-corrected chi connectivity index (χ0v) is 17.6. The van der Waals surface area contributed by atoms with Gasteiger partial charge in [-0.25, -0.2) is 8.42 Å². The van der Waals surface area contributed by atoms with E-state index < -0.39 is 15.9 Å². The molecule has 7 heteroatoms. The summed E-state index contributed by atoms with van der Waals surface area (Å²) < 4.78 is 27.4. The van der Waals surface area contributed by atoms with Crippen LogP contribution in [0, 0.1) is 6.92 Å². The van der Waals surface area contributed by atoms with Crippen molar-refractivity contribution in [2.45, 2.75) is 25.2 Å². The predicted molar refractivity (Wildman–Crippen MR) is 115 cm³/mol. The number of aryl methyl sites for hydroxylation is 2. The number of carbonyl (C=O) groups excluding carboxylic acids is 1. The van der Waals surface area contributed by atoms with Gasteiger partial charge in [0.1, 0.15) is 9.77 Å². The number of hydrogen-bond donors (Lipinski definition) is 1. The van der Waals surface area contributed by atoms with E-state index in [9.17, 15) is 13.2 Å². The lowest BCUT2D eigenvalue weighted by Gasteiger charge is -2.19. The van der Waals surface area contributed by atoms with Crippen molar-refractivity contribution >= 4 is 38.6 Å². The molecule has 5 nitrogen and oxygen atoms in total. The maximum atomic E-state index is 13.1. The second-order valence-electron chi connectivity index (χ2n) is 6.43. The van der Waals surface area contributed by atoms with Crippen LogP contribution >= 0.6 is 11.3 Å². The summed E-state index contributed by atoms with van der Waals surface area (Å²) in [5.41, 5.74) is 3.38. The molecule has 0 aliphatic carbocycles. The molecule has 0 aliphatic heterocycles. The predicted octanol–water partition coefficient (Wildman–Crippen LogP) is 4.70. The number of amides is 1. The van der Waals surface area contributed by atoms with E-state index in [-0.39, 0.29) is 9.77 Å². The summed E-state index contributed by atoms with van der Waals surface area (Å²) in [4.78, 5) is 12.9. The first-order valence-corrected chi connectivity index (χ1v) is 11.2. The lowest BCUT2D eigenvalue weighted by Crippen LogP contribution is -2.28. The van der Waals surface area contributed by atoms with Crippen LogP contribution in [0.2, 0.25) is 0 Å². The Balaban J connectivity index is 1.86. The summed E-state index contributed by atoms with van der Waals surface area (Å²) in [7, 11) is -2.37. The Morgan fingerprint density at radius 1 is 1.04 bits per heavy atom. The van der Waals surface area contributed by atoms with Gasteiger partial charge in [0.05, 0.1) is 5.69 Å². The molecule has 2 aromatic carbocycles. The van der Waals surface area contributed by atoms with Crippen molar-refractivity contribution in [1.82, 2.24) is 0 Å². The maximum absolute atomic E-state index is 13.1. The molecule has 0 saturated heterocycles. The minimum absolute atomic E-state index is 0.00301. The van der Waals surface area contributed by atoms with Crippen LogP contribution in [0.1, 0.15) is 27.7 Å². The van der Waals surface area contributed by atoms with E-state index in [1.54, 1.807) is 17.5 Å². The third-order valence-corrected chi connectivity index (χ3v) is 7.36. The van der Waals surface area contributed by atoms with Gasteiger partial charge in [-0.3, -0.25) is 9.10 Å². The van der Waals surface area contributed by atoms with Crippen LogP contribution in [0.5, 0.6) is 0 Å². The van der Waals surface area contributed by atoms with Gasteiger partial charge in [-0.05, 0) is 54.6 Å². The molecule has 146 valence electrons. The van der Waals surface area contributed by atoms with E-state index in [2.05, 4.69) is 12.2 Å². The van der Waals surface area contributed by atoms with Crippen LogP contribution in [-0.4, -0.2) is 21.4 Å². The van der Waals surface area contributed by atoms with Crippen molar-refractivity contribution in [3.05, 3.63) is 76.0 Å². The molecule has 0 bridgehead atoms. The van der Waals surface area contributed by atoms with Crippen LogP contribution < -0.4 is 9.62 Å². The Morgan fingerprint density at radius 2 is 1.68 bits per heavy atom. The van der Waals surface area contributed by atoms with Crippen molar-refractivity contribution < 1.29 is 13.2 Å². The number of carbonyl (C=O) groups is 1. The summed E-state index contributed by atoms with van der Waals surface area (Å²) in [5.74, 6) is -0.435. The summed E-state index contributed by atoms with van der Waals surface area (Å²) in [6.45, 7) is 3.99. The van der Waals surface area contributed by atoms with Gasteiger partial charge in [0, 0.05) is 12.7 Å². The Kier molecular flexibility index (Phi) is 5.86. The summed E-state index contributed by atoms with van der Waals surface area (Å²) in [6, 6.07) is 16.2. The quantitative estimate of drug-likeness (QED) is 0.636. The first-order chi connectivity index (χ1) is 13.3. The van der Waals surface area contributed by atoms with E-state index >= 15 is 0 Å². The van der Waals surface area contributed by atoms with Crippen LogP contribution in [0.3, 0.4) is 0 Å². The van der Waals surface area contributed by atoms with Gasteiger partial charge in [-0.1, -0.05) is 36.8 Å². The molecule has 0 spiro atoms. The summed E-state index contributed by atoms with van der Waals surface area (Å²) in [5, 5.41) is 4.40. The summed E-state index contributed by atoms with van der Waals surface area (Å²) >= 11 is 1.11. The zero-order chi connectivity index (χ0) is 20.3. The van der Waals surface area contributed by atoms with Crippen LogP contribution in [0.4, 0.5) is 11.4 Å². The van der Waals surface area contributed by atoms with E-state index in [0.717, 1.165) is 28.9 Å². The maximum Gasteiger partial charge on any atom is 0.267 e. The highest BCUT2D eigenvalue weighted by Crippen LogP contribution is 2.28. The lowest BCUT2D eigenvalue weighted by molar-refractivity contribution is 0.102. The second-order valence-corrected chi connectivity index (χ2v) is 9.28. The van der Waals surface area contributed by atoms with Crippen molar-refractivity contribution in [1.29, 1.82) is 0 Å². The smallest absolute Gasteiger partial charge is 0.267 e. The topological polar surface area (TPSA) is 66.5 Å².